The fourth-order valence-corrected chi connectivity index (χ4v) is 1.75. The number of nitrogens with one attached hydrogen (secondary N) is 1. The number of benzene rings is 1. The molecule has 5 heteroatoms. The summed E-state index contributed by atoms with van der Waals surface area (Å²) >= 11 is 0. The van der Waals surface area contributed by atoms with Gasteiger partial charge in [-0.2, -0.15) is 0 Å². The minimum Gasteiger partial charge on any atom is -0.304 e. The number of nitrogen functional groups attached to an aromatic ring is 1. The third-order valence-electron chi connectivity index (χ3n) is 2.79. The predicted molar refractivity (Wildman–Crippen MR) is 71.7 cm³/mol. The van der Waals surface area contributed by atoms with E-state index >= 15 is 0 Å². The van der Waals surface area contributed by atoms with E-state index in [1.54, 1.807) is 12.4 Å². The highest BCUT2D eigenvalue weighted by atomic mass is 16.1. The van der Waals surface area contributed by atoms with E-state index in [9.17, 15) is 4.79 Å². The molecule has 1 aromatic heterocycles. The van der Waals surface area contributed by atoms with Gasteiger partial charge in [0, 0.05) is 18.1 Å². The van der Waals surface area contributed by atoms with Crippen LogP contribution in [0.3, 0.4) is 0 Å². The molecule has 0 aliphatic rings. The van der Waals surface area contributed by atoms with Crippen LogP contribution in [0.5, 0.6) is 0 Å². The average Bonchev–Trinajstić information content (AvgIpc) is 2.39. The smallest absolute Gasteiger partial charge is 0.299 e. The standard InChI is InChI=1S/C13H16N4O/c1-9(2)10-4-3-5-11(8-10)17-7-6-15-12(16-14)13(17)18/h3-9H,14H2,1-2H3,(H,15,16). The molecule has 0 aliphatic carbocycles. The summed E-state index contributed by atoms with van der Waals surface area (Å²) < 4.78 is 1.52. The Morgan fingerprint density at radius 3 is 2.83 bits per heavy atom. The molecule has 2 aromatic rings. The number of hydrogen-bond donors (Lipinski definition) is 2. The summed E-state index contributed by atoms with van der Waals surface area (Å²) in [4.78, 5) is 15.9. The summed E-state index contributed by atoms with van der Waals surface area (Å²) in [5.74, 6) is 5.79. The lowest BCUT2D eigenvalue weighted by molar-refractivity contribution is 0.859. The van der Waals surface area contributed by atoms with Gasteiger partial charge in [0.15, 0.2) is 0 Å². The van der Waals surface area contributed by atoms with Crippen LogP contribution in [-0.2, 0) is 0 Å². The minimum atomic E-state index is -0.263. The number of rotatable bonds is 3. The van der Waals surface area contributed by atoms with E-state index < -0.39 is 0 Å². The van der Waals surface area contributed by atoms with Crippen molar-refractivity contribution in [2.45, 2.75) is 19.8 Å². The molecule has 0 fully saturated rings. The van der Waals surface area contributed by atoms with Crippen LogP contribution < -0.4 is 16.8 Å². The maximum atomic E-state index is 12.0. The van der Waals surface area contributed by atoms with Crippen molar-refractivity contribution < 1.29 is 0 Å². The van der Waals surface area contributed by atoms with Gasteiger partial charge in [0.25, 0.3) is 5.56 Å². The quantitative estimate of drug-likeness (QED) is 0.636. The molecule has 1 heterocycles. The first-order valence-corrected chi connectivity index (χ1v) is 5.78. The van der Waals surface area contributed by atoms with Crippen molar-refractivity contribution in [2.24, 2.45) is 5.84 Å². The van der Waals surface area contributed by atoms with Gasteiger partial charge < -0.3 is 5.43 Å². The van der Waals surface area contributed by atoms with Crippen LogP contribution in [0.1, 0.15) is 25.3 Å². The SMILES string of the molecule is CC(C)c1cccc(-n2ccnc(NN)c2=O)c1. The first-order chi connectivity index (χ1) is 8.63. The van der Waals surface area contributed by atoms with Crippen molar-refractivity contribution in [3.63, 3.8) is 0 Å². The Morgan fingerprint density at radius 2 is 2.17 bits per heavy atom. The van der Waals surface area contributed by atoms with Crippen LogP contribution in [0.4, 0.5) is 5.82 Å². The molecule has 0 atom stereocenters. The molecule has 0 bridgehead atoms. The Morgan fingerprint density at radius 1 is 1.39 bits per heavy atom. The van der Waals surface area contributed by atoms with Crippen LogP contribution in [-0.4, -0.2) is 9.55 Å². The fraction of sp³-hybridized carbons (Fsp3) is 0.231. The van der Waals surface area contributed by atoms with Crippen LogP contribution in [0.15, 0.2) is 41.5 Å². The lowest BCUT2D eigenvalue weighted by atomic mass is 10.0. The van der Waals surface area contributed by atoms with Crippen LogP contribution >= 0.6 is 0 Å². The Kier molecular flexibility index (Phi) is 3.43. The zero-order valence-corrected chi connectivity index (χ0v) is 10.4. The summed E-state index contributed by atoms with van der Waals surface area (Å²) in [5.41, 5.74) is 4.02. The third kappa shape index (κ3) is 2.26. The van der Waals surface area contributed by atoms with Gasteiger partial charge in [0.2, 0.25) is 5.82 Å². The van der Waals surface area contributed by atoms with E-state index in [0.29, 0.717) is 5.92 Å². The second-order valence-corrected chi connectivity index (χ2v) is 4.35. The number of nitrogens with zero attached hydrogens (tertiary/aromatic N) is 2. The molecule has 5 nitrogen and oxygen atoms in total. The molecule has 1 aromatic carbocycles. The summed E-state index contributed by atoms with van der Waals surface area (Å²) in [6.07, 6.45) is 3.17. The van der Waals surface area contributed by atoms with Crippen molar-refractivity contribution in [2.75, 3.05) is 5.43 Å². The largest absolute Gasteiger partial charge is 0.304 e. The first-order valence-electron chi connectivity index (χ1n) is 5.78. The molecule has 0 unspecified atom stereocenters. The van der Waals surface area contributed by atoms with Crippen LogP contribution in [0, 0.1) is 0 Å². The molecule has 0 saturated carbocycles. The number of hydrazine groups is 1. The lowest BCUT2D eigenvalue weighted by Crippen LogP contribution is -2.25. The van der Waals surface area contributed by atoms with Gasteiger partial charge in [-0.25, -0.2) is 10.8 Å². The van der Waals surface area contributed by atoms with E-state index in [2.05, 4.69) is 24.3 Å². The van der Waals surface area contributed by atoms with Crippen molar-refractivity contribution in [3.05, 3.63) is 52.6 Å². The molecule has 0 radical (unpaired) electrons. The molecule has 0 aliphatic heterocycles. The van der Waals surface area contributed by atoms with E-state index in [-0.39, 0.29) is 11.4 Å². The summed E-state index contributed by atoms with van der Waals surface area (Å²) in [5, 5.41) is 0. The summed E-state index contributed by atoms with van der Waals surface area (Å²) in [7, 11) is 0. The second kappa shape index (κ2) is 5.01. The molecule has 94 valence electrons. The summed E-state index contributed by atoms with van der Waals surface area (Å²) in [6, 6.07) is 7.86. The Labute approximate surface area is 105 Å². The zero-order valence-electron chi connectivity index (χ0n) is 10.4. The van der Waals surface area contributed by atoms with E-state index in [4.69, 9.17) is 5.84 Å². The predicted octanol–water partition coefficient (Wildman–Crippen LogP) is 1.64. The molecular weight excluding hydrogens is 228 g/mol. The second-order valence-electron chi connectivity index (χ2n) is 4.35. The van der Waals surface area contributed by atoms with Crippen molar-refractivity contribution in [3.8, 4) is 5.69 Å². The maximum absolute atomic E-state index is 12.0. The molecule has 2 rings (SSSR count). The monoisotopic (exact) mass is 244 g/mol. The average molecular weight is 244 g/mol. The topological polar surface area (TPSA) is 72.9 Å². The minimum absolute atomic E-state index is 0.132. The normalized spacial score (nSPS) is 10.7. The van der Waals surface area contributed by atoms with Gasteiger partial charge in [0.05, 0.1) is 0 Å². The van der Waals surface area contributed by atoms with Crippen molar-refractivity contribution in [1.29, 1.82) is 0 Å². The van der Waals surface area contributed by atoms with Crippen LogP contribution in [0.25, 0.3) is 5.69 Å². The van der Waals surface area contributed by atoms with Crippen LogP contribution in [0.2, 0.25) is 0 Å². The van der Waals surface area contributed by atoms with E-state index in [1.807, 2.05) is 24.3 Å². The zero-order chi connectivity index (χ0) is 13.1. The number of hydrogen-bond acceptors (Lipinski definition) is 4. The van der Waals surface area contributed by atoms with Gasteiger partial charge in [-0.1, -0.05) is 26.0 Å². The highest BCUT2D eigenvalue weighted by Gasteiger charge is 2.06. The molecular formula is C13H16N4O. The van der Waals surface area contributed by atoms with Crippen molar-refractivity contribution in [1.82, 2.24) is 9.55 Å². The number of aromatic nitrogens is 2. The van der Waals surface area contributed by atoms with Crippen molar-refractivity contribution >= 4 is 5.82 Å². The third-order valence-corrected chi connectivity index (χ3v) is 2.79. The first kappa shape index (κ1) is 12.3. The Hall–Kier alpha value is -2.14. The number of nitrogens with two attached hydrogens (primary N) is 1. The molecule has 0 saturated heterocycles. The molecule has 0 spiro atoms. The highest BCUT2D eigenvalue weighted by Crippen LogP contribution is 2.17. The van der Waals surface area contributed by atoms with Gasteiger partial charge in [0.1, 0.15) is 0 Å². The Bertz CT molecular complexity index is 604. The highest BCUT2D eigenvalue weighted by molar-refractivity contribution is 5.40. The van der Waals surface area contributed by atoms with E-state index in [0.717, 1.165) is 5.69 Å². The van der Waals surface area contributed by atoms with E-state index in [1.165, 1.54) is 10.1 Å². The van der Waals surface area contributed by atoms with Gasteiger partial charge >= 0.3 is 0 Å². The lowest BCUT2D eigenvalue weighted by Gasteiger charge is -2.10. The van der Waals surface area contributed by atoms with Gasteiger partial charge in [-0.3, -0.25) is 9.36 Å². The molecule has 3 N–H and O–H groups in total. The maximum Gasteiger partial charge on any atom is 0.299 e. The Balaban J connectivity index is 2.55. The molecule has 0 amide bonds. The number of anilines is 1. The molecule has 18 heavy (non-hydrogen) atoms. The van der Waals surface area contributed by atoms with Gasteiger partial charge in [-0.05, 0) is 23.6 Å². The fourth-order valence-electron chi connectivity index (χ4n) is 1.75. The van der Waals surface area contributed by atoms with Gasteiger partial charge in [-0.15, -0.1) is 0 Å². The summed E-state index contributed by atoms with van der Waals surface area (Å²) in [6.45, 7) is 4.22.